The first kappa shape index (κ1) is 13.8. The molecule has 1 aliphatic rings. The molecular formula is C13H19ClN2OS. The van der Waals surface area contributed by atoms with E-state index < -0.39 is 0 Å². The maximum Gasteiger partial charge on any atom is 0.262 e. The lowest BCUT2D eigenvalue weighted by atomic mass is 9.77. The molecule has 1 aliphatic heterocycles. The number of nitrogens with one attached hydrogen (secondary N) is 2. The Balaban J connectivity index is 1.91. The maximum absolute atomic E-state index is 12.0. The standard InChI is InChI=1S/C13H19ClN2OS/c1-13(2)5-3-6-15-10(13)8-16-12(17)11-9(14)4-7-18-11/h4,7,10,15H,3,5-6,8H2,1-2H3,(H,16,17). The summed E-state index contributed by atoms with van der Waals surface area (Å²) in [7, 11) is 0. The van der Waals surface area contributed by atoms with Crippen LogP contribution in [0.3, 0.4) is 0 Å². The van der Waals surface area contributed by atoms with Gasteiger partial charge in [0, 0.05) is 12.6 Å². The van der Waals surface area contributed by atoms with Crippen molar-refractivity contribution < 1.29 is 4.79 Å². The smallest absolute Gasteiger partial charge is 0.262 e. The molecule has 0 radical (unpaired) electrons. The molecular weight excluding hydrogens is 268 g/mol. The highest BCUT2D eigenvalue weighted by Gasteiger charge is 2.32. The molecule has 2 N–H and O–H groups in total. The van der Waals surface area contributed by atoms with Gasteiger partial charge in [-0.15, -0.1) is 11.3 Å². The van der Waals surface area contributed by atoms with Gasteiger partial charge in [-0.3, -0.25) is 4.79 Å². The molecule has 1 fully saturated rings. The lowest BCUT2D eigenvalue weighted by Gasteiger charge is -2.39. The van der Waals surface area contributed by atoms with Gasteiger partial charge >= 0.3 is 0 Å². The van der Waals surface area contributed by atoms with Crippen LogP contribution in [-0.4, -0.2) is 25.0 Å². The summed E-state index contributed by atoms with van der Waals surface area (Å²) in [5.41, 5.74) is 0.227. The topological polar surface area (TPSA) is 41.1 Å². The molecule has 0 spiro atoms. The molecule has 1 aromatic rings. The van der Waals surface area contributed by atoms with E-state index in [0.29, 0.717) is 22.5 Å². The molecule has 100 valence electrons. The van der Waals surface area contributed by atoms with Gasteiger partial charge in [0.1, 0.15) is 4.88 Å². The molecule has 2 heterocycles. The van der Waals surface area contributed by atoms with Crippen LogP contribution in [0.4, 0.5) is 0 Å². The van der Waals surface area contributed by atoms with E-state index in [0.717, 1.165) is 6.54 Å². The molecule has 2 rings (SSSR count). The minimum Gasteiger partial charge on any atom is -0.350 e. The molecule has 0 saturated carbocycles. The molecule has 5 heteroatoms. The van der Waals surface area contributed by atoms with Crippen molar-refractivity contribution in [1.29, 1.82) is 0 Å². The number of thiophene rings is 1. The van der Waals surface area contributed by atoms with E-state index in [9.17, 15) is 4.79 Å². The minimum atomic E-state index is -0.0711. The van der Waals surface area contributed by atoms with Crippen LogP contribution in [0.15, 0.2) is 11.4 Å². The number of carbonyl (C=O) groups excluding carboxylic acids is 1. The van der Waals surface area contributed by atoms with Crippen molar-refractivity contribution in [2.75, 3.05) is 13.1 Å². The van der Waals surface area contributed by atoms with E-state index in [1.807, 2.05) is 5.38 Å². The van der Waals surface area contributed by atoms with Crippen LogP contribution in [0.2, 0.25) is 5.02 Å². The first-order chi connectivity index (χ1) is 8.50. The fourth-order valence-corrected chi connectivity index (χ4v) is 3.41. The third kappa shape index (κ3) is 3.05. The van der Waals surface area contributed by atoms with Crippen molar-refractivity contribution in [2.45, 2.75) is 32.7 Å². The summed E-state index contributed by atoms with van der Waals surface area (Å²) in [4.78, 5) is 12.6. The Hall–Kier alpha value is -0.580. The number of hydrogen-bond acceptors (Lipinski definition) is 3. The van der Waals surface area contributed by atoms with Gasteiger partial charge in [0.25, 0.3) is 5.91 Å². The Bertz CT molecular complexity index is 430. The molecule has 3 nitrogen and oxygen atoms in total. The summed E-state index contributed by atoms with van der Waals surface area (Å²) in [5, 5.41) is 8.82. The summed E-state index contributed by atoms with van der Waals surface area (Å²) in [6.45, 7) is 6.17. The van der Waals surface area contributed by atoms with Gasteiger partial charge in [0.15, 0.2) is 0 Å². The minimum absolute atomic E-state index is 0.0711. The van der Waals surface area contributed by atoms with Crippen LogP contribution in [0.25, 0.3) is 0 Å². The zero-order chi connectivity index (χ0) is 13.2. The first-order valence-electron chi connectivity index (χ1n) is 6.25. The predicted molar refractivity (Wildman–Crippen MR) is 76.5 cm³/mol. The zero-order valence-corrected chi connectivity index (χ0v) is 12.3. The average molecular weight is 287 g/mol. The third-order valence-electron chi connectivity index (χ3n) is 3.62. The molecule has 0 bridgehead atoms. The normalized spacial score (nSPS) is 22.7. The van der Waals surface area contributed by atoms with E-state index in [-0.39, 0.29) is 11.3 Å². The Kier molecular flexibility index (Phi) is 4.30. The number of carbonyl (C=O) groups is 1. The largest absolute Gasteiger partial charge is 0.350 e. The fourth-order valence-electron chi connectivity index (χ4n) is 2.35. The Morgan fingerprint density at radius 3 is 3.06 bits per heavy atom. The number of piperidine rings is 1. The van der Waals surface area contributed by atoms with Crippen molar-refractivity contribution in [3.05, 3.63) is 21.3 Å². The van der Waals surface area contributed by atoms with Gasteiger partial charge in [-0.25, -0.2) is 0 Å². The van der Waals surface area contributed by atoms with Crippen molar-refractivity contribution in [3.63, 3.8) is 0 Å². The SMILES string of the molecule is CC1(C)CCCNC1CNC(=O)c1sccc1Cl. The second-order valence-corrected chi connectivity index (χ2v) is 6.73. The van der Waals surface area contributed by atoms with Crippen LogP contribution in [-0.2, 0) is 0 Å². The van der Waals surface area contributed by atoms with Crippen molar-refractivity contribution in [2.24, 2.45) is 5.41 Å². The Morgan fingerprint density at radius 1 is 1.67 bits per heavy atom. The van der Waals surface area contributed by atoms with Crippen LogP contribution < -0.4 is 10.6 Å². The second kappa shape index (κ2) is 5.59. The second-order valence-electron chi connectivity index (χ2n) is 5.41. The molecule has 1 unspecified atom stereocenters. The molecule has 1 aromatic heterocycles. The summed E-state index contributed by atoms with van der Waals surface area (Å²) in [6.07, 6.45) is 2.40. The van der Waals surface area contributed by atoms with E-state index in [1.165, 1.54) is 24.2 Å². The highest BCUT2D eigenvalue weighted by molar-refractivity contribution is 7.12. The highest BCUT2D eigenvalue weighted by atomic mass is 35.5. The van der Waals surface area contributed by atoms with Gasteiger partial charge in [-0.05, 0) is 36.2 Å². The van der Waals surface area contributed by atoms with Crippen LogP contribution in [0.5, 0.6) is 0 Å². The lowest BCUT2D eigenvalue weighted by molar-refractivity contribution is 0.0933. The fraction of sp³-hybridized carbons (Fsp3) is 0.615. The number of hydrogen-bond donors (Lipinski definition) is 2. The van der Waals surface area contributed by atoms with Crippen molar-refractivity contribution in [3.8, 4) is 0 Å². The highest BCUT2D eigenvalue weighted by Crippen LogP contribution is 2.29. The first-order valence-corrected chi connectivity index (χ1v) is 7.51. The van der Waals surface area contributed by atoms with Gasteiger partial charge < -0.3 is 10.6 Å². The summed E-state index contributed by atoms with van der Waals surface area (Å²) < 4.78 is 0. The monoisotopic (exact) mass is 286 g/mol. The Labute approximate surface area is 117 Å². The quantitative estimate of drug-likeness (QED) is 0.897. The van der Waals surface area contributed by atoms with Crippen LogP contribution in [0, 0.1) is 5.41 Å². The molecule has 1 atom stereocenters. The van der Waals surface area contributed by atoms with Crippen LogP contribution in [0.1, 0.15) is 36.4 Å². The van der Waals surface area contributed by atoms with E-state index in [4.69, 9.17) is 11.6 Å². The van der Waals surface area contributed by atoms with Crippen molar-refractivity contribution >= 4 is 28.8 Å². The van der Waals surface area contributed by atoms with E-state index in [2.05, 4.69) is 24.5 Å². The Morgan fingerprint density at radius 2 is 2.44 bits per heavy atom. The van der Waals surface area contributed by atoms with Gasteiger partial charge in [0.2, 0.25) is 0 Å². The van der Waals surface area contributed by atoms with Crippen LogP contribution >= 0.6 is 22.9 Å². The van der Waals surface area contributed by atoms with Gasteiger partial charge in [0.05, 0.1) is 5.02 Å². The number of amides is 1. The van der Waals surface area contributed by atoms with E-state index in [1.54, 1.807) is 6.07 Å². The summed E-state index contributed by atoms with van der Waals surface area (Å²) >= 11 is 7.33. The summed E-state index contributed by atoms with van der Waals surface area (Å²) in [5.74, 6) is -0.0711. The molecule has 1 amide bonds. The third-order valence-corrected chi connectivity index (χ3v) is 4.96. The average Bonchev–Trinajstić information content (AvgIpc) is 2.73. The predicted octanol–water partition coefficient (Wildman–Crippen LogP) is 2.91. The zero-order valence-electron chi connectivity index (χ0n) is 10.8. The lowest BCUT2D eigenvalue weighted by Crippen LogP contribution is -2.52. The maximum atomic E-state index is 12.0. The molecule has 0 aromatic carbocycles. The molecule has 18 heavy (non-hydrogen) atoms. The van der Waals surface area contributed by atoms with Crippen molar-refractivity contribution in [1.82, 2.24) is 10.6 Å². The van der Waals surface area contributed by atoms with Gasteiger partial charge in [-0.2, -0.15) is 0 Å². The van der Waals surface area contributed by atoms with Gasteiger partial charge in [-0.1, -0.05) is 25.4 Å². The summed E-state index contributed by atoms with van der Waals surface area (Å²) in [6, 6.07) is 2.08. The molecule has 1 saturated heterocycles. The number of halogens is 1. The number of rotatable bonds is 3. The van der Waals surface area contributed by atoms with E-state index >= 15 is 0 Å². The molecule has 0 aliphatic carbocycles.